The van der Waals surface area contributed by atoms with E-state index in [-0.39, 0.29) is 0 Å². The quantitative estimate of drug-likeness (QED) is 0.493. The van der Waals surface area contributed by atoms with E-state index in [0.717, 1.165) is 5.92 Å². The van der Waals surface area contributed by atoms with Crippen LogP contribution in [0.2, 0.25) is 0 Å². The van der Waals surface area contributed by atoms with Crippen LogP contribution < -0.4 is 0 Å². The predicted octanol–water partition coefficient (Wildman–Crippen LogP) is 3.94. The first-order chi connectivity index (χ1) is 7.24. The molecule has 2 rings (SSSR count). The van der Waals surface area contributed by atoms with Crippen LogP contribution in [0, 0.1) is 11.3 Å². The van der Waals surface area contributed by atoms with Crippen molar-refractivity contribution in [3.63, 3.8) is 0 Å². The van der Waals surface area contributed by atoms with E-state index < -0.39 is 0 Å². The molecule has 0 bridgehead atoms. The summed E-state index contributed by atoms with van der Waals surface area (Å²) >= 11 is 0. The number of hydrogen-bond acceptors (Lipinski definition) is 1. The highest BCUT2D eigenvalue weighted by atomic mass is 16.5. The molecule has 1 fully saturated rings. The summed E-state index contributed by atoms with van der Waals surface area (Å²) in [5.74, 6) is 0.883. The molecule has 0 aromatic carbocycles. The van der Waals surface area contributed by atoms with Crippen LogP contribution in [0.15, 0.2) is 12.2 Å². The van der Waals surface area contributed by atoms with Crippen molar-refractivity contribution in [1.29, 1.82) is 0 Å². The van der Waals surface area contributed by atoms with Crippen molar-refractivity contribution in [2.45, 2.75) is 58.0 Å². The van der Waals surface area contributed by atoms with Crippen LogP contribution in [-0.2, 0) is 4.74 Å². The monoisotopic (exact) mass is 208 g/mol. The first-order valence-corrected chi connectivity index (χ1v) is 6.42. The normalized spacial score (nSPS) is 38.1. The Kier molecular flexibility index (Phi) is 3.50. The van der Waals surface area contributed by atoms with E-state index in [2.05, 4.69) is 19.1 Å². The smallest absolute Gasteiger partial charge is 0.0576 e. The molecule has 0 amide bonds. The molecule has 86 valence electrons. The van der Waals surface area contributed by atoms with Crippen LogP contribution >= 0.6 is 0 Å². The molecule has 0 aromatic heterocycles. The Balaban J connectivity index is 2.03. The summed E-state index contributed by atoms with van der Waals surface area (Å²) in [6.07, 6.45) is 14.5. The summed E-state index contributed by atoms with van der Waals surface area (Å²) in [7, 11) is 1.88. The number of methoxy groups -OCH3 is 1. The number of rotatable bonds is 2. The lowest BCUT2D eigenvalue weighted by molar-refractivity contribution is 0.0379. The maximum Gasteiger partial charge on any atom is 0.0576 e. The second-order valence-electron chi connectivity index (χ2n) is 5.60. The first-order valence-electron chi connectivity index (χ1n) is 6.42. The van der Waals surface area contributed by atoms with Crippen LogP contribution in [0.4, 0.5) is 0 Å². The Hall–Kier alpha value is -0.300. The average molecular weight is 208 g/mol. The summed E-state index contributed by atoms with van der Waals surface area (Å²) in [6, 6.07) is 0. The summed E-state index contributed by atoms with van der Waals surface area (Å²) in [5, 5.41) is 0. The maximum atomic E-state index is 5.61. The van der Waals surface area contributed by atoms with E-state index in [0.29, 0.717) is 11.5 Å². The molecule has 0 aromatic rings. The van der Waals surface area contributed by atoms with Crippen molar-refractivity contribution in [2.75, 3.05) is 7.11 Å². The van der Waals surface area contributed by atoms with Gasteiger partial charge >= 0.3 is 0 Å². The van der Waals surface area contributed by atoms with Gasteiger partial charge in [-0.3, -0.25) is 0 Å². The van der Waals surface area contributed by atoms with E-state index in [1.807, 2.05) is 7.11 Å². The third-order valence-electron chi connectivity index (χ3n) is 4.54. The summed E-state index contributed by atoms with van der Waals surface area (Å²) in [4.78, 5) is 0. The van der Waals surface area contributed by atoms with Crippen molar-refractivity contribution >= 4 is 0 Å². The van der Waals surface area contributed by atoms with Crippen LogP contribution in [0.1, 0.15) is 51.9 Å². The van der Waals surface area contributed by atoms with E-state index in [4.69, 9.17) is 4.74 Å². The van der Waals surface area contributed by atoms with Crippen molar-refractivity contribution in [1.82, 2.24) is 0 Å². The topological polar surface area (TPSA) is 9.23 Å². The van der Waals surface area contributed by atoms with Crippen molar-refractivity contribution < 1.29 is 4.74 Å². The average Bonchev–Trinajstić information content (AvgIpc) is 2.70. The zero-order valence-corrected chi connectivity index (χ0v) is 10.2. The Morgan fingerprint density at radius 1 is 1.20 bits per heavy atom. The Labute approximate surface area is 93.9 Å². The zero-order chi connectivity index (χ0) is 10.7. The SMILES string of the molecule is COC1CCCCC(C)(C2CC=CC2)C1. The summed E-state index contributed by atoms with van der Waals surface area (Å²) in [5.41, 5.74) is 0.528. The van der Waals surface area contributed by atoms with Gasteiger partial charge in [0.05, 0.1) is 6.10 Å². The molecule has 15 heavy (non-hydrogen) atoms. The molecule has 1 nitrogen and oxygen atoms in total. The maximum absolute atomic E-state index is 5.61. The molecule has 0 N–H and O–H groups in total. The van der Waals surface area contributed by atoms with Gasteiger partial charge in [-0.2, -0.15) is 0 Å². The fraction of sp³-hybridized carbons (Fsp3) is 0.857. The van der Waals surface area contributed by atoms with Crippen LogP contribution in [0.3, 0.4) is 0 Å². The van der Waals surface area contributed by atoms with Crippen molar-refractivity contribution in [3.05, 3.63) is 12.2 Å². The van der Waals surface area contributed by atoms with Gasteiger partial charge in [-0.1, -0.05) is 31.9 Å². The Morgan fingerprint density at radius 3 is 2.60 bits per heavy atom. The lowest BCUT2D eigenvalue weighted by atomic mass is 9.70. The first kappa shape index (κ1) is 11.2. The molecule has 0 spiro atoms. The minimum absolute atomic E-state index is 0.512. The van der Waals surface area contributed by atoms with Crippen molar-refractivity contribution in [2.24, 2.45) is 11.3 Å². The van der Waals surface area contributed by atoms with Gasteiger partial charge in [-0.15, -0.1) is 0 Å². The highest BCUT2D eigenvalue weighted by Crippen LogP contribution is 2.46. The van der Waals surface area contributed by atoms with Crippen LogP contribution in [0.5, 0.6) is 0 Å². The van der Waals surface area contributed by atoms with E-state index in [1.54, 1.807) is 0 Å². The second-order valence-corrected chi connectivity index (χ2v) is 5.60. The van der Waals surface area contributed by atoms with Crippen molar-refractivity contribution in [3.8, 4) is 0 Å². The van der Waals surface area contributed by atoms with E-state index in [9.17, 15) is 0 Å². The third kappa shape index (κ3) is 2.44. The third-order valence-corrected chi connectivity index (χ3v) is 4.54. The molecule has 0 radical (unpaired) electrons. The van der Waals surface area contributed by atoms with Crippen LogP contribution in [-0.4, -0.2) is 13.2 Å². The highest BCUT2D eigenvalue weighted by molar-refractivity contribution is 5.01. The number of allylic oxidation sites excluding steroid dienone is 2. The van der Waals surface area contributed by atoms with E-state index in [1.165, 1.54) is 44.9 Å². The predicted molar refractivity (Wildman–Crippen MR) is 63.9 cm³/mol. The standard InChI is InChI=1S/C14H24O/c1-14(12-7-3-4-8-12)10-6-5-9-13(11-14)15-2/h3-4,12-13H,5-11H2,1-2H3. The molecular formula is C14H24O. The molecule has 0 aliphatic heterocycles. The van der Waals surface area contributed by atoms with Gasteiger partial charge in [0.15, 0.2) is 0 Å². The van der Waals surface area contributed by atoms with Gasteiger partial charge in [0.2, 0.25) is 0 Å². The molecule has 1 saturated carbocycles. The molecule has 2 atom stereocenters. The fourth-order valence-electron chi connectivity index (χ4n) is 3.38. The molecule has 1 heteroatoms. The Morgan fingerprint density at radius 2 is 1.93 bits per heavy atom. The summed E-state index contributed by atoms with van der Waals surface area (Å²) < 4.78 is 5.61. The fourth-order valence-corrected chi connectivity index (χ4v) is 3.38. The van der Waals surface area contributed by atoms with Gasteiger partial charge < -0.3 is 4.74 Å². The minimum Gasteiger partial charge on any atom is -0.381 e. The lowest BCUT2D eigenvalue weighted by Gasteiger charge is -2.36. The van der Waals surface area contributed by atoms with Gasteiger partial charge in [0.1, 0.15) is 0 Å². The number of ether oxygens (including phenoxy) is 1. The molecule has 0 heterocycles. The van der Waals surface area contributed by atoms with Gasteiger partial charge in [0.25, 0.3) is 0 Å². The van der Waals surface area contributed by atoms with Gasteiger partial charge in [-0.25, -0.2) is 0 Å². The zero-order valence-electron chi connectivity index (χ0n) is 10.2. The second kappa shape index (κ2) is 4.69. The van der Waals surface area contributed by atoms with Gasteiger partial charge in [0, 0.05) is 7.11 Å². The summed E-state index contributed by atoms with van der Waals surface area (Å²) in [6.45, 7) is 2.49. The molecule has 2 aliphatic rings. The Bertz CT molecular complexity index is 225. The lowest BCUT2D eigenvalue weighted by Crippen LogP contribution is -2.29. The van der Waals surface area contributed by atoms with Crippen LogP contribution in [0.25, 0.3) is 0 Å². The van der Waals surface area contributed by atoms with E-state index >= 15 is 0 Å². The molecule has 0 saturated heterocycles. The number of hydrogen-bond donors (Lipinski definition) is 0. The highest BCUT2D eigenvalue weighted by Gasteiger charge is 2.37. The molecule has 2 unspecified atom stereocenters. The largest absolute Gasteiger partial charge is 0.381 e. The minimum atomic E-state index is 0.512. The van der Waals surface area contributed by atoms with Gasteiger partial charge in [-0.05, 0) is 43.4 Å². The molecule has 2 aliphatic carbocycles. The molecular weight excluding hydrogens is 184 g/mol.